The van der Waals surface area contributed by atoms with E-state index in [-0.39, 0.29) is 16.9 Å². The van der Waals surface area contributed by atoms with Crippen LogP contribution in [0.4, 0.5) is 15.9 Å². The Bertz CT molecular complexity index is 745. The third-order valence-electron chi connectivity index (χ3n) is 4.19. The van der Waals surface area contributed by atoms with Gasteiger partial charge in [-0.3, -0.25) is 9.69 Å². The number of anilines is 2. The zero-order valence-corrected chi connectivity index (χ0v) is 17.1. The first-order valence-electron chi connectivity index (χ1n) is 9.00. The highest BCUT2D eigenvalue weighted by Gasteiger charge is 2.23. The van der Waals surface area contributed by atoms with Crippen molar-refractivity contribution in [1.82, 2.24) is 4.98 Å². The van der Waals surface area contributed by atoms with Crippen LogP contribution in [-0.4, -0.2) is 36.2 Å². The maximum Gasteiger partial charge on any atom is 0.224 e. The van der Waals surface area contributed by atoms with Gasteiger partial charge in [-0.15, -0.1) is 6.42 Å². The van der Waals surface area contributed by atoms with Crippen LogP contribution < -0.4 is 10.2 Å². The Balaban J connectivity index is 3.42. The van der Waals surface area contributed by atoms with Gasteiger partial charge in [0.15, 0.2) is 5.82 Å². The molecule has 5 nitrogen and oxygen atoms in total. The minimum Gasteiger partial charge on any atom is -0.391 e. The Morgan fingerprint density at radius 2 is 2.07 bits per heavy atom. The number of allylic oxidation sites excluding steroid dienone is 1. The second-order valence-electron chi connectivity index (χ2n) is 7.69. The molecule has 6 heteroatoms. The van der Waals surface area contributed by atoms with E-state index in [2.05, 4.69) is 37.0 Å². The lowest BCUT2D eigenvalue weighted by Crippen LogP contribution is -2.27. The Morgan fingerprint density at radius 3 is 2.52 bits per heavy atom. The number of aliphatic hydroxyl groups excluding tert-OH is 1. The Labute approximate surface area is 161 Å². The van der Waals surface area contributed by atoms with E-state index in [0.29, 0.717) is 30.2 Å². The summed E-state index contributed by atoms with van der Waals surface area (Å²) >= 11 is 0. The van der Waals surface area contributed by atoms with Crippen molar-refractivity contribution in [2.24, 2.45) is 5.41 Å². The molecule has 27 heavy (non-hydrogen) atoms. The summed E-state index contributed by atoms with van der Waals surface area (Å²) in [5, 5.41) is 12.6. The predicted octanol–water partition coefficient (Wildman–Crippen LogP) is 3.87. The van der Waals surface area contributed by atoms with E-state index in [1.165, 1.54) is 11.8 Å². The zero-order chi connectivity index (χ0) is 20.8. The van der Waals surface area contributed by atoms with E-state index in [1.54, 1.807) is 19.2 Å². The van der Waals surface area contributed by atoms with Crippen molar-refractivity contribution in [3.8, 4) is 12.3 Å². The number of carbonyl (C=O) groups is 1. The molecule has 1 aromatic heterocycles. The first-order chi connectivity index (χ1) is 12.6. The maximum atomic E-state index is 14.8. The van der Waals surface area contributed by atoms with E-state index < -0.39 is 18.4 Å². The molecule has 0 aliphatic carbocycles. The molecule has 0 spiro atoms. The first kappa shape index (κ1) is 22.7. The summed E-state index contributed by atoms with van der Waals surface area (Å²) in [5.74, 6) is 1.19. The molecule has 0 fully saturated rings. The van der Waals surface area contributed by atoms with E-state index in [9.17, 15) is 14.3 Å². The number of pyridine rings is 1. The fraction of sp³-hybridized carbons (Fsp3) is 0.524. The van der Waals surface area contributed by atoms with E-state index >= 15 is 0 Å². The van der Waals surface area contributed by atoms with Gasteiger partial charge in [0, 0.05) is 20.5 Å². The van der Waals surface area contributed by atoms with Crippen LogP contribution in [0.1, 0.15) is 52.7 Å². The number of carbonyl (C=O) groups excluding carboxylic acids is 1. The smallest absolute Gasteiger partial charge is 0.224 e. The van der Waals surface area contributed by atoms with Gasteiger partial charge in [0.2, 0.25) is 5.91 Å². The normalized spacial score (nSPS) is 13.4. The van der Waals surface area contributed by atoms with Crippen LogP contribution in [0.3, 0.4) is 0 Å². The number of nitrogens with one attached hydrogen (secondary N) is 1. The maximum absolute atomic E-state index is 14.8. The quantitative estimate of drug-likeness (QED) is 0.710. The minimum absolute atomic E-state index is 0.0361. The highest BCUT2D eigenvalue weighted by atomic mass is 19.1. The first-order valence-corrected chi connectivity index (χ1v) is 9.00. The van der Waals surface area contributed by atoms with Crippen molar-refractivity contribution < 1.29 is 14.3 Å². The molecule has 0 saturated carbocycles. The van der Waals surface area contributed by atoms with Crippen molar-refractivity contribution in [1.29, 1.82) is 0 Å². The number of nitrogens with zero attached hydrogens (tertiary/aromatic N) is 2. The van der Waals surface area contributed by atoms with Gasteiger partial charge in [0.1, 0.15) is 5.83 Å². The molecule has 0 bridgehead atoms. The summed E-state index contributed by atoms with van der Waals surface area (Å²) in [6, 6.07) is 3.52. The molecular weight excluding hydrogens is 345 g/mol. The highest BCUT2D eigenvalue weighted by molar-refractivity contribution is 5.93. The number of rotatable bonds is 7. The number of terminal acetylenes is 1. The average molecular weight is 375 g/mol. The molecule has 0 aliphatic rings. The lowest BCUT2D eigenvalue weighted by molar-refractivity contribution is -0.116. The molecule has 148 valence electrons. The van der Waals surface area contributed by atoms with Gasteiger partial charge in [-0.25, -0.2) is 9.37 Å². The molecule has 0 aromatic carbocycles. The molecule has 0 saturated heterocycles. The zero-order valence-electron chi connectivity index (χ0n) is 17.1. The molecule has 1 unspecified atom stereocenters. The van der Waals surface area contributed by atoms with Crippen LogP contribution in [0.2, 0.25) is 0 Å². The number of hydrogen-bond donors (Lipinski definition) is 2. The van der Waals surface area contributed by atoms with Crippen molar-refractivity contribution in [3.05, 3.63) is 29.2 Å². The van der Waals surface area contributed by atoms with Crippen LogP contribution in [0.15, 0.2) is 23.5 Å². The molecule has 1 rings (SSSR count). The highest BCUT2D eigenvalue weighted by Crippen LogP contribution is 2.33. The van der Waals surface area contributed by atoms with Crippen LogP contribution in [-0.2, 0) is 4.79 Å². The molecule has 0 radical (unpaired) electrons. The number of aliphatic hydroxyl groups is 1. The molecule has 1 amide bonds. The summed E-state index contributed by atoms with van der Waals surface area (Å²) in [4.78, 5) is 17.9. The summed E-state index contributed by atoms with van der Waals surface area (Å²) in [6.45, 7) is 9.70. The third-order valence-corrected chi connectivity index (χ3v) is 4.19. The molecule has 0 aliphatic heterocycles. The van der Waals surface area contributed by atoms with Crippen LogP contribution in [0.25, 0.3) is 0 Å². The average Bonchev–Trinajstić information content (AvgIpc) is 2.60. The van der Waals surface area contributed by atoms with Gasteiger partial charge in [0.05, 0.1) is 29.5 Å². The fourth-order valence-electron chi connectivity index (χ4n) is 2.48. The molecular formula is C21H30FN3O2. The number of hydrogen-bond acceptors (Lipinski definition) is 4. The lowest BCUT2D eigenvalue weighted by Gasteiger charge is -2.25. The number of amides is 1. The van der Waals surface area contributed by atoms with Crippen LogP contribution in [0.5, 0.6) is 0 Å². The van der Waals surface area contributed by atoms with Crippen LogP contribution >= 0.6 is 0 Å². The Kier molecular flexibility index (Phi) is 7.98. The third kappa shape index (κ3) is 6.07. The van der Waals surface area contributed by atoms with Crippen LogP contribution in [0, 0.1) is 17.8 Å². The summed E-state index contributed by atoms with van der Waals surface area (Å²) in [6.07, 6.45) is 5.70. The van der Waals surface area contributed by atoms with E-state index in [4.69, 9.17) is 6.42 Å². The lowest BCUT2D eigenvalue weighted by atomic mass is 9.96. The van der Waals surface area contributed by atoms with Crippen molar-refractivity contribution in [2.75, 3.05) is 30.4 Å². The van der Waals surface area contributed by atoms with Gasteiger partial charge in [0.25, 0.3) is 0 Å². The van der Waals surface area contributed by atoms with Crippen molar-refractivity contribution in [2.45, 2.75) is 47.0 Å². The van der Waals surface area contributed by atoms with E-state index in [0.717, 1.165) is 0 Å². The molecule has 1 aromatic rings. The monoisotopic (exact) mass is 375 g/mol. The topological polar surface area (TPSA) is 65.5 Å². The SMILES string of the molecule is C#C/C(CO)=C(/F)C(CC)c1ccc(NCC(C)(C)C)c(N(C)C(C)=O)n1. The fourth-order valence-corrected chi connectivity index (χ4v) is 2.48. The second kappa shape index (κ2) is 9.52. The Hall–Kier alpha value is -2.39. The van der Waals surface area contributed by atoms with Gasteiger partial charge in [-0.2, -0.15) is 0 Å². The number of aromatic nitrogens is 1. The summed E-state index contributed by atoms with van der Waals surface area (Å²) in [7, 11) is 1.63. The van der Waals surface area contributed by atoms with Gasteiger partial charge < -0.3 is 10.4 Å². The van der Waals surface area contributed by atoms with Gasteiger partial charge in [-0.05, 0) is 24.0 Å². The summed E-state index contributed by atoms with van der Waals surface area (Å²) < 4.78 is 14.8. The second-order valence-corrected chi connectivity index (χ2v) is 7.69. The molecule has 1 heterocycles. The standard InChI is InChI=1S/C21H30FN3O2/c1-8-15(12-26)19(22)16(9-2)17-10-11-18(23-13-21(4,5)6)20(24-17)25(7)14(3)27/h1,10-11,16,23,26H,9,12-13H2,2-7H3/b19-15-. The summed E-state index contributed by atoms with van der Waals surface area (Å²) in [5.41, 5.74) is 1.11. The van der Waals surface area contributed by atoms with Gasteiger partial charge >= 0.3 is 0 Å². The number of halogens is 1. The van der Waals surface area contributed by atoms with Crippen molar-refractivity contribution >= 4 is 17.4 Å². The Morgan fingerprint density at radius 1 is 1.44 bits per heavy atom. The molecule has 2 N–H and O–H groups in total. The minimum atomic E-state index is -0.682. The van der Waals surface area contributed by atoms with E-state index in [1.807, 2.05) is 6.92 Å². The molecule has 1 atom stereocenters. The van der Waals surface area contributed by atoms with Crippen molar-refractivity contribution in [3.63, 3.8) is 0 Å². The predicted molar refractivity (Wildman–Crippen MR) is 108 cm³/mol. The largest absolute Gasteiger partial charge is 0.391 e. The van der Waals surface area contributed by atoms with Gasteiger partial charge in [-0.1, -0.05) is 33.6 Å².